The SMILES string of the molecule is Cc1ccc(NC(=O)C(C)N2CCC(NS(C)(=O)=O)CC2)cc1S(=O)(=O)N1CCOCC1. The molecule has 2 N–H and O–H groups in total. The Balaban J connectivity index is 1.64. The minimum atomic E-state index is -3.68. The number of hydrogen-bond acceptors (Lipinski definition) is 7. The van der Waals surface area contributed by atoms with Crippen LogP contribution in [0.25, 0.3) is 0 Å². The van der Waals surface area contributed by atoms with Crippen LogP contribution in [0.1, 0.15) is 25.3 Å². The van der Waals surface area contributed by atoms with Crippen LogP contribution in [0.3, 0.4) is 0 Å². The van der Waals surface area contributed by atoms with E-state index in [2.05, 4.69) is 10.0 Å². The van der Waals surface area contributed by atoms with Gasteiger partial charge in [0.15, 0.2) is 0 Å². The molecule has 2 aliphatic heterocycles. The molecule has 1 atom stereocenters. The molecule has 1 aromatic carbocycles. The number of sulfonamides is 2. The van der Waals surface area contributed by atoms with Gasteiger partial charge in [-0.05, 0) is 44.4 Å². The van der Waals surface area contributed by atoms with Gasteiger partial charge in [-0.1, -0.05) is 6.07 Å². The van der Waals surface area contributed by atoms with Crippen LogP contribution < -0.4 is 10.0 Å². The van der Waals surface area contributed by atoms with Gasteiger partial charge in [0.25, 0.3) is 0 Å². The van der Waals surface area contributed by atoms with Crippen molar-refractivity contribution in [2.75, 3.05) is 51.0 Å². The number of rotatable bonds is 7. The molecule has 0 bridgehead atoms. The monoisotopic (exact) mass is 488 g/mol. The molecule has 2 heterocycles. The summed E-state index contributed by atoms with van der Waals surface area (Å²) in [6, 6.07) is 4.33. The highest BCUT2D eigenvalue weighted by atomic mass is 32.2. The van der Waals surface area contributed by atoms with E-state index in [1.165, 1.54) is 10.4 Å². The number of carbonyl (C=O) groups excluding carboxylic acids is 1. The number of ether oxygens (including phenoxy) is 1. The fourth-order valence-electron chi connectivity index (χ4n) is 4.00. The van der Waals surface area contributed by atoms with Gasteiger partial charge >= 0.3 is 0 Å². The molecule has 12 heteroatoms. The maximum Gasteiger partial charge on any atom is 0.243 e. The first-order chi connectivity index (χ1) is 15.0. The van der Waals surface area contributed by atoms with E-state index < -0.39 is 26.1 Å². The second-order valence-electron chi connectivity index (χ2n) is 8.36. The molecule has 2 saturated heterocycles. The maximum absolute atomic E-state index is 13.1. The standard InChI is InChI=1S/C20H32N4O6S2/c1-15-4-5-18(14-19(15)32(28,29)24-10-12-30-13-11-24)21-20(25)16(2)23-8-6-17(7-9-23)22-31(3,26)27/h4-5,14,16-17,22H,6-13H2,1-3H3,(H,21,25). The number of anilines is 1. The molecule has 10 nitrogen and oxygen atoms in total. The van der Waals surface area contributed by atoms with Crippen LogP contribution in [0.4, 0.5) is 5.69 Å². The first-order valence-corrected chi connectivity index (χ1v) is 14.0. The highest BCUT2D eigenvalue weighted by Gasteiger charge is 2.30. The average Bonchev–Trinajstić information content (AvgIpc) is 2.74. The number of nitrogens with one attached hydrogen (secondary N) is 2. The molecule has 1 unspecified atom stereocenters. The minimum Gasteiger partial charge on any atom is -0.379 e. The van der Waals surface area contributed by atoms with Gasteiger partial charge in [0.2, 0.25) is 26.0 Å². The quantitative estimate of drug-likeness (QED) is 0.568. The van der Waals surface area contributed by atoms with Gasteiger partial charge in [0, 0.05) is 37.9 Å². The van der Waals surface area contributed by atoms with E-state index in [0.717, 1.165) is 6.26 Å². The molecule has 2 aliphatic rings. The van der Waals surface area contributed by atoms with Gasteiger partial charge in [-0.3, -0.25) is 9.69 Å². The zero-order valence-corrected chi connectivity index (χ0v) is 20.3. The number of morpholine rings is 1. The van der Waals surface area contributed by atoms with Crippen LogP contribution in [0.15, 0.2) is 23.1 Å². The molecular weight excluding hydrogens is 456 g/mol. The lowest BCUT2D eigenvalue weighted by Crippen LogP contribution is -2.50. The van der Waals surface area contributed by atoms with E-state index >= 15 is 0 Å². The zero-order chi connectivity index (χ0) is 23.5. The molecule has 0 spiro atoms. The molecule has 1 aromatic rings. The first kappa shape index (κ1) is 25.1. The van der Waals surface area contributed by atoms with E-state index in [-0.39, 0.29) is 16.8 Å². The van der Waals surface area contributed by atoms with Gasteiger partial charge in [-0.25, -0.2) is 21.6 Å². The lowest BCUT2D eigenvalue weighted by Gasteiger charge is -2.35. The molecule has 32 heavy (non-hydrogen) atoms. The molecule has 180 valence electrons. The normalized spacial score (nSPS) is 20.7. The molecule has 2 fully saturated rings. The number of benzene rings is 1. The molecule has 0 radical (unpaired) electrons. The number of likely N-dealkylation sites (tertiary alicyclic amines) is 1. The largest absolute Gasteiger partial charge is 0.379 e. The summed E-state index contributed by atoms with van der Waals surface area (Å²) in [5, 5.41) is 2.83. The van der Waals surface area contributed by atoms with Crippen molar-refractivity contribution in [2.45, 2.75) is 43.7 Å². The van der Waals surface area contributed by atoms with Crippen molar-refractivity contribution in [3.05, 3.63) is 23.8 Å². The molecule has 0 aliphatic carbocycles. The topological polar surface area (TPSA) is 125 Å². The molecular formula is C20H32N4O6S2. The summed E-state index contributed by atoms with van der Waals surface area (Å²) in [5.41, 5.74) is 1.04. The third-order valence-electron chi connectivity index (χ3n) is 5.88. The molecule has 3 rings (SSSR count). The molecule has 0 aromatic heterocycles. The summed E-state index contributed by atoms with van der Waals surface area (Å²) in [5.74, 6) is -0.238. The first-order valence-electron chi connectivity index (χ1n) is 10.7. The highest BCUT2D eigenvalue weighted by molar-refractivity contribution is 7.89. The van der Waals surface area contributed by atoms with Crippen LogP contribution in [0, 0.1) is 6.92 Å². The number of carbonyl (C=O) groups is 1. The van der Waals surface area contributed by atoms with Gasteiger partial charge in [0.05, 0.1) is 30.4 Å². The number of amides is 1. The Morgan fingerprint density at radius 2 is 1.72 bits per heavy atom. The van der Waals surface area contributed by atoms with Crippen LogP contribution in [-0.2, 0) is 29.6 Å². The lowest BCUT2D eigenvalue weighted by atomic mass is 10.0. The van der Waals surface area contributed by atoms with E-state index in [4.69, 9.17) is 4.74 Å². The van der Waals surface area contributed by atoms with Gasteiger partial charge in [0.1, 0.15) is 0 Å². The van der Waals surface area contributed by atoms with Crippen LogP contribution >= 0.6 is 0 Å². The van der Waals surface area contributed by atoms with Crippen LogP contribution in [-0.4, -0.2) is 89.7 Å². The van der Waals surface area contributed by atoms with Crippen molar-refractivity contribution in [3.63, 3.8) is 0 Å². The predicted molar refractivity (Wildman–Crippen MR) is 121 cm³/mol. The van der Waals surface area contributed by atoms with E-state index in [1.807, 2.05) is 4.90 Å². The summed E-state index contributed by atoms with van der Waals surface area (Å²) in [7, 11) is -6.93. The molecule has 0 saturated carbocycles. The van der Waals surface area contributed by atoms with Crippen molar-refractivity contribution in [1.29, 1.82) is 0 Å². The van der Waals surface area contributed by atoms with Crippen molar-refractivity contribution < 1.29 is 26.4 Å². The fourth-order valence-corrected chi connectivity index (χ4v) is 6.50. The lowest BCUT2D eigenvalue weighted by molar-refractivity contribution is -0.121. The third-order valence-corrected chi connectivity index (χ3v) is 8.68. The second kappa shape index (κ2) is 10.1. The Morgan fingerprint density at radius 3 is 2.31 bits per heavy atom. The van der Waals surface area contributed by atoms with Crippen LogP contribution in [0.5, 0.6) is 0 Å². The average molecular weight is 489 g/mol. The zero-order valence-electron chi connectivity index (χ0n) is 18.7. The Kier molecular flexibility index (Phi) is 7.94. The number of piperidine rings is 1. The van der Waals surface area contributed by atoms with Crippen molar-refractivity contribution in [1.82, 2.24) is 13.9 Å². The maximum atomic E-state index is 13.1. The van der Waals surface area contributed by atoms with E-state index in [0.29, 0.717) is 63.5 Å². The summed E-state index contributed by atoms with van der Waals surface area (Å²) in [4.78, 5) is 15.0. The predicted octanol–water partition coefficient (Wildman–Crippen LogP) is 0.357. The number of aryl methyl sites for hydroxylation is 1. The summed E-state index contributed by atoms with van der Waals surface area (Å²) < 4.78 is 58.2. The van der Waals surface area contributed by atoms with Crippen molar-refractivity contribution in [2.24, 2.45) is 0 Å². The van der Waals surface area contributed by atoms with Crippen molar-refractivity contribution in [3.8, 4) is 0 Å². The highest BCUT2D eigenvalue weighted by Crippen LogP contribution is 2.25. The minimum absolute atomic E-state index is 0.124. The third kappa shape index (κ3) is 6.27. The van der Waals surface area contributed by atoms with E-state index in [9.17, 15) is 21.6 Å². The number of nitrogens with zero attached hydrogens (tertiary/aromatic N) is 2. The summed E-state index contributed by atoms with van der Waals surface area (Å²) >= 11 is 0. The Labute approximate surface area is 190 Å². The number of hydrogen-bond donors (Lipinski definition) is 2. The van der Waals surface area contributed by atoms with Gasteiger partial charge in [-0.2, -0.15) is 4.31 Å². The Hall–Kier alpha value is -1.57. The van der Waals surface area contributed by atoms with E-state index in [1.54, 1.807) is 26.0 Å². The summed E-state index contributed by atoms with van der Waals surface area (Å²) in [6.07, 6.45) is 2.39. The Bertz CT molecular complexity index is 1030. The Morgan fingerprint density at radius 1 is 1.09 bits per heavy atom. The van der Waals surface area contributed by atoms with Crippen molar-refractivity contribution >= 4 is 31.6 Å². The fraction of sp³-hybridized carbons (Fsp3) is 0.650. The van der Waals surface area contributed by atoms with Gasteiger partial charge in [-0.15, -0.1) is 0 Å². The smallest absolute Gasteiger partial charge is 0.243 e. The second-order valence-corrected chi connectivity index (χ2v) is 12.0. The van der Waals surface area contributed by atoms with Crippen LogP contribution in [0.2, 0.25) is 0 Å². The molecule has 1 amide bonds. The van der Waals surface area contributed by atoms with Gasteiger partial charge < -0.3 is 10.1 Å². The summed E-state index contributed by atoms with van der Waals surface area (Å²) in [6.45, 7) is 6.04.